The molecule has 70 valence electrons. The van der Waals surface area contributed by atoms with Gasteiger partial charge in [-0.2, -0.15) is 0 Å². The summed E-state index contributed by atoms with van der Waals surface area (Å²) < 4.78 is 5.20. The second-order valence-corrected chi connectivity index (χ2v) is 2.95. The third kappa shape index (κ3) is 2.47. The van der Waals surface area contributed by atoms with Crippen molar-refractivity contribution in [3.63, 3.8) is 0 Å². The average molecular weight is 179 g/mol. The zero-order valence-corrected chi connectivity index (χ0v) is 7.83. The largest absolute Gasteiger partial charge is 0.484 e. The maximum Gasteiger partial charge on any atom is 0.255 e. The maximum atomic E-state index is 10.5. The van der Waals surface area contributed by atoms with E-state index in [1.165, 1.54) is 0 Å². The molecule has 1 aromatic rings. The van der Waals surface area contributed by atoms with Crippen molar-refractivity contribution in [2.24, 2.45) is 5.73 Å². The Labute approximate surface area is 77.5 Å². The fraction of sp³-hybridized carbons (Fsp3) is 0.300. The molecule has 0 unspecified atom stereocenters. The van der Waals surface area contributed by atoms with Crippen molar-refractivity contribution < 1.29 is 9.53 Å². The van der Waals surface area contributed by atoms with E-state index >= 15 is 0 Å². The first-order valence-corrected chi connectivity index (χ1v) is 4.08. The normalized spacial score (nSPS) is 9.69. The summed E-state index contributed by atoms with van der Waals surface area (Å²) in [6, 6.07) is 5.70. The smallest absolute Gasteiger partial charge is 0.255 e. The van der Waals surface area contributed by atoms with Gasteiger partial charge in [0.1, 0.15) is 5.75 Å². The second kappa shape index (κ2) is 3.94. The van der Waals surface area contributed by atoms with E-state index in [9.17, 15) is 4.79 Å². The average Bonchev–Trinajstić information content (AvgIpc) is 2.07. The van der Waals surface area contributed by atoms with Crippen LogP contribution in [0.15, 0.2) is 18.2 Å². The van der Waals surface area contributed by atoms with Crippen molar-refractivity contribution in [2.75, 3.05) is 6.61 Å². The third-order valence-electron chi connectivity index (χ3n) is 1.92. The Morgan fingerprint density at radius 1 is 1.46 bits per heavy atom. The zero-order chi connectivity index (χ0) is 9.84. The van der Waals surface area contributed by atoms with Crippen molar-refractivity contribution in [1.29, 1.82) is 0 Å². The molecule has 0 atom stereocenters. The van der Waals surface area contributed by atoms with Gasteiger partial charge in [0.25, 0.3) is 5.91 Å². The highest BCUT2D eigenvalue weighted by Crippen LogP contribution is 2.20. The number of carbonyl (C=O) groups is 1. The zero-order valence-electron chi connectivity index (χ0n) is 7.83. The lowest BCUT2D eigenvalue weighted by Crippen LogP contribution is -2.20. The molecule has 1 rings (SSSR count). The van der Waals surface area contributed by atoms with Gasteiger partial charge >= 0.3 is 0 Å². The summed E-state index contributed by atoms with van der Waals surface area (Å²) in [5.41, 5.74) is 7.15. The first kappa shape index (κ1) is 9.58. The highest BCUT2D eigenvalue weighted by molar-refractivity contribution is 5.75. The van der Waals surface area contributed by atoms with Crippen LogP contribution in [0.25, 0.3) is 0 Å². The first-order valence-electron chi connectivity index (χ1n) is 4.08. The van der Waals surface area contributed by atoms with Crippen molar-refractivity contribution in [3.8, 4) is 5.75 Å². The SMILES string of the molecule is Cc1cccc(OCC(N)=O)c1C. The molecular weight excluding hydrogens is 166 g/mol. The highest BCUT2D eigenvalue weighted by Gasteiger charge is 2.02. The molecule has 13 heavy (non-hydrogen) atoms. The van der Waals surface area contributed by atoms with Crippen LogP contribution in [0.5, 0.6) is 5.75 Å². The molecule has 0 fully saturated rings. The van der Waals surface area contributed by atoms with Gasteiger partial charge in [0.15, 0.2) is 6.61 Å². The van der Waals surface area contributed by atoms with Crippen LogP contribution in [0.1, 0.15) is 11.1 Å². The Balaban J connectivity index is 2.77. The second-order valence-electron chi connectivity index (χ2n) is 2.95. The Morgan fingerprint density at radius 2 is 2.15 bits per heavy atom. The van der Waals surface area contributed by atoms with E-state index in [1.54, 1.807) is 0 Å². The molecule has 1 amide bonds. The van der Waals surface area contributed by atoms with E-state index in [4.69, 9.17) is 10.5 Å². The van der Waals surface area contributed by atoms with Crippen molar-refractivity contribution in [3.05, 3.63) is 29.3 Å². The van der Waals surface area contributed by atoms with Gasteiger partial charge in [0.05, 0.1) is 0 Å². The molecule has 3 nitrogen and oxygen atoms in total. The van der Waals surface area contributed by atoms with Gasteiger partial charge in [-0.25, -0.2) is 0 Å². The number of benzene rings is 1. The summed E-state index contributed by atoms with van der Waals surface area (Å²) in [6.45, 7) is 3.88. The van der Waals surface area contributed by atoms with Crippen molar-refractivity contribution in [2.45, 2.75) is 13.8 Å². The molecule has 0 aliphatic heterocycles. The minimum atomic E-state index is -0.457. The van der Waals surface area contributed by atoms with Gasteiger partial charge in [0, 0.05) is 0 Å². The number of ether oxygens (including phenoxy) is 1. The van der Waals surface area contributed by atoms with E-state index in [-0.39, 0.29) is 6.61 Å². The minimum Gasteiger partial charge on any atom is -0.484 e. The van der Waals surface area contributed by atoms with Crippen molar-refractivity contribution >= 4 is 5.91 Å². The molecule has 0 saturated carbocycles. The molecule has 1 aromatic carbocycles. The Bertz CT molecular complexity index is 321. The van der Waals surface area contributed by atoms with Crippen LogP contribution < -0.4 is 10.5 Å². The number of nitrogens with two attached hydrogens (primary N) is 1. The molecule has 0 heterocycles. The first-order chi connectivity index (χ1) is 6.11. The van der Waals surface area contributed by atoms with Crippen LogP contribution in [0, 0.1) is 13.8 Å². The molecule has 2 N–H and O–H groups in total. The Morgan fingerprint density at radius 3 is 2.77 bits per heavy atom. The van der Waals surface area contributed by atoms with Gasteiger partial charge in [-0.1, -0.05) is 12.1 Å². The fourth-order valence-corrected chi connectivity index (χ4v) is 1.03. The van der Waals surface area contributed by atoms with E-state index < -0.39 is 5.91 Å². The van der Waals surface area contributed by atoms with Crippen LogP contribution in [0.4, 0.5) is 0 Å². The number of hydrogen-bond donors (Lipinski definition) is 1. The topological polar surface area (TPSA) is 52.3 Å². The highest BCUT2D eigenvalue weighted by atomic mass is 16.5. The van der Waals surface area contributed by atoms with E-state index in [2.05, 4.69) is 0 Å². The molecule has 0 aliphatic rings. The van der Waals surface area contributed by atoms with Crippen LogP contribution in [-0.2, 0) is 4.79 Å². The number of amides is 1. The molecular formula is C10H13NO2. The van der Waals surface area contributed by atoms with Crippen LogP contribution >= 0.6 is 0 Å². The van der Waals surface area contributed by atoms with Crippen LogP contribution in [0.3, 0.4) is 0 Å². The van der Waals surface area contributed by atoms with Crippen LogP contribution in [0.2, 0.25) is 0 Å². The lowest BCUT2D eigenvalue weighted by atomic mass is 10.1. The predicted octanol–water partition coefficient (Wildman–Crippen LogP) is 1.17. The van der Waals surface area contributed by atoms with Gasteiger partial charge in [-0.15, -0.1) is 0 Å². The van der Waals surface area contributed by atoms with E-state index in [0.29, 0.717) is 0 Å². The summed E-state index contributed by atoms with van der Waals surface area (Å²) >= 11 is 0. The minimum absolute atomic E-state index is 0.0652. The Kier molecular flexibility index (Phi) is 2.90. The number of primary amides is 1. The molecule has 0 aliphatic carbocycles. The van der Waals surface area contributed by atoms with Gasteiger partial charge < -0.3 is 10.5 Å². The fourth-order valence-electron chi connectivity index (χ4n) is 1.03. The number of carbonyl (C=O) groups excluding carboxylic acids is 1. The lowest BCUT2D eigenvalue weighted by Gasteiger charge is -2.08. The number of aryl methyl sites for hydroxylation is 1. The molecule has 0 radical (unpaired) electrons. The summed E-state index contributed by atoms with van der Waals surface area (Å²) in [5.74, 6) is 0.264. The predicted molar refractivity (Wildman–Crippen MR) is 50.6 cm³/mol. The molecule has 0 saturated heterocycles. The summed E-state index contributed by atoms with van der Waals surface area (Å²) in [6.07, 6.45) is 0. The van der Waals surface area contributed by atoms with Gasteiger partial charge in [-0.05, 0) is 31.0 Å². The summed E-state index contributed by atoms with van der Waals surface area (Å²) in [5, 5.41) is 0. The van der Waals surface area contributed by atoms with Gasteiger partial charge in [-0.3, -0.25) is 4.79 Å². The number of rotatable bonds is 3. The molecule has 0 aromatic heterocycles. The standard InChI is InChI=1S/C10H13NO2/c1-7-4-3-5-9(8(7)2)13-6-10(11)12/h3-5H,6H2,1-2H3,(H2,11,12). The molecule has 3 heteroatoms. The van der Waals surface area contributed by atoms with Crippen LogP contribution in [-0.4, -0.2) is 12.5 Å². The molecule has 0 bridgehead atoms. The third-order valence-corrected chi connectivity index (χ3v) is 1.92. The lowest BCUT2D eigenvalue weighted by molar-refractivity contribution is -0.119. The quantitative estimate of drug-likeness (QED) is 0.757. The van der Waals surface area contributed by atoms with E-state index in [1.807, 2.05) is 32.0 Å². The monoisotopic (exact) mass is 179 g/mol. The molecule has 0 spiro atoms. The van der Waals surface area contributed by atoms with E-state index in [0.717, 1.165) is 16.9 Å². The summed E-state index contributed by atoms with van der Waals surface area (Å²) in [4.78, 5) is 10.5. The summed E-state index contributed by atoms with van der Waals surface area (Å²) in [7, 11) is 0. The van der Waals surface area contributed by atoms with Crippen molar-refractivity contribution in [1.82, 2.24) is 0 Å². The Hall–Kier alpha value is -1.51. The number of hydrogen-bond acceptors (Lipinski definition) is 2. The van der Waals surface area contributed by atoms with Gasteiger partial charge in [0.2, 0.25) is 0 Å². The maximum absolute atomic E-state index is 10.5.